The van der Waals surface area contributed by atoms with Gasteiger partial charge in [-0.3, -0.25) is 4.90 Å². The Balaban J connectivity index is 1.19. The first-order valence-electron chi connectivity index (χ1n) is 14.4. The maximum Gasteiger partial charge on any atom is 0.150 e. The van der Waals surface area contributed by atoms with Gasteiger partial charge in [0.15, 0.2) is 6.10 Å². The van der Waals surface area contributed by atoms with E-state index in [-0.39, 0.29) is 11.9 Å². The number of para-hydroxylation sites is 1. The van der Waals surface area contributed by atoms with Crippen LogP contribution >= 0.6 is 0 Å². The van der Waals surface area contributed by atoms with Crippen molar-refractivity contribution in [2.75, 3.05) is 32.8 Å². The van der Waals surface area contributed by atoms with Crippen LogP contribution in [0.4, 0.5) is 0 Å². The third-order valence-electron chi connectivity index (χ3n) is 8.02. The summed E-state index contributed by atoms with van der Waals surface area (Å²) in [6.07, 6.45) is 3.54. The van der Waals surface area contributed by atoms with E-state index >= 15 is 0 Å². The fourth-order valence-electron chi connectivity index (χ4n) is 5.94. The van der Waals surface area contributed by atoms with Gasteiger partial charge in [0.25, 0.3) is 0 Å². The largest absolute Gasteiger partial charge is 0.508 e. The molecule has 0 radical (unpaired) electrons. The molecule has 0 spiro atoms. The predicted octanol–water partition coefficient (Wildman–Crippen LogP) is 7.49. The second-order valence-corrected chi connectivity index (χ2v) is 10.8. The summed E-state index contributed by atoms with van der Waals surface area (Å²) < 4.78 is 25.1. The molecular formula is C35H33NO5. The molecule has 0 aliphatic carbocycles. The topological polar surface area (TPSA) is 60.4 Å². The minimum absolute atomic E-state index is 0.176. The van der Waals surface area contributed by atoms with E-state index in [0.717, 1.165) is 51.6 Å². The van der Waals surface area contributed by atoms with E-state index in [4.69, 9.17) is 18.9 Å². The Hall–Kier alpha value is -4.42. The molecular weight excluding hydrogens is 514 g/mol. The summed E-state index contributed by atoms with van der Waals surface area (Å²) in [5, 5.41) is 10.1. The van der Waals surface area contributed by atoms with Crippen LogP contribution in [-0.2, 0) is 0 Å². The number of rotatable bonds is 7. The van der Waals surface area contributed by atoms with Gasteiger partial charge in [-0.25, -0.2) is 0 Å². The lowest BCUT2D eigenvalue weighted by atomic mass is 9.84. The van der Waals surface area contributed by atoms with E-state index in [9.17, 15) is 5.11 Å². The number of phenols is 1. The van der Waals surface area contributed by atoms with Crippen molar-refractivity contribution in [1.29, 1.82) is 0 Å². The summed E-state index contributed by atoms with van der Waals surface area (Å²) in [5.41, 5.74) is 5.04. The zero-order valence-electron chi connectivity index (χ0n) is 22.9. The van der Waals surface area contributed by atoms with Gasteiger partial charge in [0.05, 0.1) is 0 Å². The average Bonchev–Trinajstić information content (AvgIpc) is 3.01. The summed E-state index contributed by atoms with van der Waals surface area (Å²) in [7, 11) is 0. The minimum Gasteiger partial charge on any atom is -0.508 e. The van der Waals surface area contributed by atoms with Crippen molar-refractivity contribution in [2.45, 2.75) is 25.4 Å². The monoisotopic (exact) mass is 547 g/mol. The number of nitrogens with zero attached hydrogens (tertiary/aromatic N) is 1. The molecule has 1 unspecified atom stereocenters. The highest BCUT2D eigenvalue weighted by Gasteiger charge is 2.35. The fraction of sp³-hybridized carbons (Fsp3) is 0.257. The number of benzene rings is 4. The Bertz CT molecular complexity index is 1560. The average molecular weight is 548 g/mol. The van der Waals surface area contributed by atoms with Crippen molar-refractivity contribution in [2.24, 2.45) is 0 Å². The number of hydrogen-bond acceptors (Lipinski definition) is 6. The number of hydrogen-bond donors (Lipinski definition) is 1. The highest BCUT2D eigenvalue weighted by molar-refractivity contribution is 5.99. The standard InChI is InChI=1S/C35H33NO5/c37-25-11-15-30-32(21-25)39-23-31-29-16-14-28(40-27-7-3-1-4-8-27)22-33(29)41-35(34(30)31)24-9-12-26(13-10-24)38-20-19-36-17-5-2-6-18-36/h1,3-4,7-16,21-22,35,37H,2,5-6,17-20,23H2. The first kappa shape index (κ1) is 25.5. The second-order valence-electron chi connectivity index (χ2n) is 10.8. The second kappa shape index (κ2) is 11.2. The van der Waals surface area contributed by atoms with Gasteiger partial charge in [0.2, 0.25) is 0 Å². The van der Waals surface area contributed by atoms with E-state index in [2.05, 4.69) is 17.0 Å². The van der Waals surface area contributed by atoms with Gasteiger partial charge in [0, 0.05) is 41.0 Å². The van der Waals surface area contributed by atoms with Gasteiger partial charge in [-0.15, -0.1) is 0 Å². The summed E-state index contributed by atoms with van der Waals surface area (Å²) in [5.74, 6) is 3.90. The molecule has 3 heterocycles. The number of piperidine rings is 1. The van der Waals surface area contributed by atoms with E-state index in [1.165, 1.54) is 32.4 Å². The van der Waals surface area contributed by atoms with Crippen LogP contribution in [-0.4, -0.2) is 42.9 Å². The molecule has 3 aliphatic rings. The SMILES string of the molecule is Oc1ccc2c(c1)OCC1=C2C(c2ccc(OCCN3CCCCC3)cc2)Oc2cc(Oc3ccccc3)ccc21. The molecule has 0 aromatic heterocycles. The quantitative estimate of drug-likeness (QED) is 0.259. The molecule has 4 aromatic carbocycles. The molecule has 1 saturated heterocycles. The van der Waals surface area contributed by atoms with E-state index in [0.29, 0.717) is 24.7 Å². The third-order valence-corrected chi connectivity index (χ3v) is 8.02. The molecule has 4 aromatic rings. The summed E-state index contributed by atoms with van der Waals surface area (Å²) in [6, 6.07) is 29.2. The fourth-order valence-corrected chi connectivity index (χ4v) is 5.94. The molecule has 0 bridgehead atoms. The van der Waals surface area contributed by atoms with Crippen LogP contribution in [0.1, 0.15) is 42.1 Å². The molecule has 0 saturated carbocycles. The van der Waals surface area contributed by atoms with Gasteiger partial charge in [-0.2, -0.15) is 0 Å². The lowest BCUT2D eigenvalue weighted by Gasteiger charge is -2.35. The van der Waals surface area contributed by atoms with Crippen LogP contribution in [0, 0.1) is 0 Å². The molecule has 41 heavy (non-hydrogen) atoms. The van der Waals surface area contributed by atoms with Crippen molar-refractivity contribution < 1.29 is 24.1 Å². The van der Waals surface area contributed by atoms with Crippen molar-refractivity contribution >= 4 is 11.1 Å². The smallest absolute Gasteiger partial charge is 0.150 e. The molecule has 1 atom stereocenters. The van der Waals surface area contributed by atoms with E-state index < -0.39 is 0 Å². The highest BCUT2D eigenvalue weighted by atomic mass is 16.5. The zero-order valence-corrected chi connectivity index (χ0v) is 22.9. The lowest BCUT2D eigenvalue weighted by Crippen LogP contribution is -2.33. The molecule has 7 rings (SSSR count). The van der Waals surface area contributed by atoms with E-state index in [1.54, 1.807) is 12.1 Å². The molecule has 6 heteroatoms. The summed E-state index contributed by atoms with van der Waals surface area (Å²) in [6.45, 7) is 4.36. The highest BCUT2D eigenvalue weighted by Crippen LogP contribution is 2.52. The van der Waals surface area contributed by atoms with Crippen LogP contribution in [0.15, 0.2) is 91.0 Å². The zero-order chi connectivity index (χ0) is 27.6. The Morgan fingerprint density at radius 2 is 1.54 bits per heavy atom. The van der Waals surface area contributed by atoms with Gasteiger partial charge >= 0.3 is 0 Å². The summed E-state index contributed by atoms with van der Waals surface area (Å²) in [4.78, 5) is 2.48. The van der Waals surface area contributed by atoms with Crippen molar-refractivity contribution in [3.05, 3.63) is 108 Å². The number of ether oxygens (including phenoxy) is 4. The predicted molar refractivity (Wildman–Crippen MR) is 159 cm³/mol. The summed E-state index contributed by atoms with van der Waals surface area (Å²) >= 11 is 0. The third kappa shape index (κ3) is 5.35. The Morgan fingerprint density at radius 1 is 0.756 bits per heavy atom. The lowest BCUT2D eigenvalue weighted by molar-refractivity contribution is 0.183. The Morgan fingerprint density at radius 3 is 2.37 bits per heavy atom. The van der Waals surface area contributed by atoms with Crippen LogP contribution in [0.25, 0.3) is 11.1 Å². The Labute approximate surface area is 240 Å². The van der Waals surface area contributed by atoms with Crippen LogP contribution < -0.4 is 18.9 Å². The van der Waals surface area contributed by atoms with E-state index in [1.807, 2.05) is 66.7 Å². The Kier molecular flexibility index (Phi) is 6.99. The molecule has 1 N–H and O–H groups in total. The molecule has 3 aliphatic heterocycles. The number of likely N-dealkylation sites (tertiary alicyclic amines) is 1. The molecule has 1 fully saturated rings. The molecule has 0 amide bonds. The number of fused-ring (bicyclic) bond motifs is 4. The number of aromatic hydroxyl groups is 1. The van der Waals surface area contributed by atoms with Crippen molar-refractivity contribution in [3.8, 4) is 34.5 Å². The minimum atomic E-state index is -0.362. The van der Waals surface area contributed by atoms with Crippen molar-refractivity contribution in [3.63, 3.8) is 0 Å². The normalized spacial score (nSPS) is 17.9. The maximum absolute atomic E-state index is 10.1. The van der Waals surface area contributed by atoms with Crippen LogP contribution in [0.5, 0.6) is 34.5 Å². The maximum atomic E-state index is 10.1. The van der Waals surface area contributed by atoms with Gasteiger partial charge in [-0.05, 0) is 80.0 Å². The first-order chi connectivity index (χ1) is 20.2. The van der Waals surface area contributed by atoms with Gasteiger partial charge in [0.1, 0.15) is 47.7 Å². The van der Waals surface area contributed by atoms with Crippen LogP contribution in [0.3, 0.4) is 0 Å². The molecule has 6 nitrogen and oxygen atoms in total. The number of phenolic OH excluding ortho intramolecular Hbond substituents is 1. The van der Waals surface area contributed by atoms with Gasteiger partial charge < -0.3 is 24.1 Å². The van der Waals surface area contributed by atoms with Crippen LogP contribution in [0.2, 0.25) is 0 Å². The molecule has 208 valence electrons. The first-order valence-corrected chi connectivity index (χ1v) is 14.4. The van der Waals surface area contributed by atoms with Gasteiger partial charge in [-0.1, -0.05) is 36.8 Å². The van der Waals surface area contributed by atoms with Crippen molar-refractivity contribution in [1.82, 2.24) is 4.90 Å².